The Kier molecular flexibility index (Phi) is 14.2. The summed E-state index contributed by atoms with van der Waals surface area (Å²) in [5.41, 5.74) is 1.31. The van der Waals surface area contributed by atoms with E-state index in [1.54, 1.807) is 24.3 Å². The molecule has 0 aliphatic heterocycles. The van der Waals surface area contributed by atoms with Crippen molar-refractivity contribution in [1.29, 1.82) is 0 Å². The fraction of sp³-hybridized carbons (Fsp3) is 0.153. The normalized spacial score (nSPS) is 12.0. The molecular formula is C59H42F8N4O9. The highest BCUT2D eigenvalue weighted by Crippen LogP contribution is 2.45. The van der Waals surface area contributed by atoms with Crippen molar-refractivity contribution in [2.24, 2.45) is 5.41 Å². The number of amides is 2. The third-order valence-corrected chi connectivity index (χ3v) is 12.9. The molecular weight excluding hydrogens is 1060 g/mol. The second kappa shape index (κ2) is 20.6. The zero-order valence-corrected chi connectivity index (χ0v) is 42.5. The largest absolute Gasteiger partial charge is 0.478 e. The lowest BCUT2D eigenvalue weighted by atomic mass is 9.87. The lowest BCUT2D eigenvalue weighted by molar-refractivity contribution is -0.0945. The summed E-state index contributed by atoms with van der Waals surface area (Å²) >= 11 is 0. The summed E-state index contributed by atoms with van der Waals surface area (Å²) in [7, 11) is 2.79. The number of furan rings is 2. The molecule has 0 saturated carbocycles. The van der Waals surface area contributed by atoms with Crippen molar-refractivity contribution in [2.75, 3.05) is 14.1 Å². The van der Waals surface area contributed by atoms with Crippen molar-refractivity contribution < 1.29 is 77.8 Å². The molecule has 3 N–H and O–H groups in total. The maximum absolute atomic E-state index is 13.7. The molecule has 0 spiro atoms. The number of alkyl halides is 6. The fourth-order valence-corrected chi connectivity index (χ4v) is 9.39. The minimum absolute atomic E-state index is 0.0183. The van der Waals surface area contributed by atoms with E-state index in [-0.39, 0.29) is 106 Å². The van der Waals surface area contributed by atoms with Crippen LogP contribution in [0.5, 0.6) is 0 Å². The van der Waals surface area contributed by atoms with Gasteiger partial charge >= 0.3 is 30.1 Å². The smallest absolute Gasteiger partial charge is 0.472 e. The Morgan fingerprint density at radius 3 is 1.26 bits per heavy atom. The van der Waals surface area contributed by atoms with Crippen LogP contribution in [0.3, 0.4) is 0 Å². The number of rotatable bonds is 9. The summed E-state index contributed by atoms with van der Waals surface area (Å²) in [6.45, 7) is 5.75. The van der Waals surface area contributed by atoms with Gasteiger partial charge in [0.05, 0.1) is 27.7 Å². The second-order valence-corrected chi connectivity index (χ2v) is 19.5. The van der Waals surface area contributed by atoms with Crippen LogP contribution in [-0.4, -0.2) is 76.1 Å². The van der Waals surface area contributed by atoms with Crippen LogP contribution in [-0.2, 0) is 0 Å². The van der Waals surface area contributed by atoms with Gasteiger partial charge < -0.3 is 24.6 Å². The highest BCUT2D eigenvalue weighted by molar-refractivity contribution is 6.22. The number of Topliss-reactive ketones (excluding diaryl/α,β-unsaturated/α-hetero) is 1. The van der Waals surface area contributed by atoms with Crippen molar-refractivity contribution in [2.45, 2.75) is 39.5 Å². The topological polar surface area (TPSA) is 183 Å². The number of carboxylic acids is 1. The molecule has 0 fully saturated rings. The lowest BCUT2D eigenvalue weighted by Gasteiger charge is -2.17. The first-order valence-corrected chi connectivity index (χ1v) is 24.1. The highest BCUT2D eigenvalue weighted by atomic mass is 19.4. The maximum atomic E-state index is 13.7. The van der Waals surface area contributed by atoms with Gasteiger partial charge in [0, 0.05) is 82.3 Å². The predicted octanol–water partition coefficient (Wildman–Crippen LogP) is 14.2. The van der Waals surface area contributed by atoms with Gasteiger partial charge in [-0.3, -0.25) is 33.1 Å². The number of carboxylic acid groups (broad SMARTS) is 1. The Morgan fingerprint density at radius 2 is 0.900 bits per heavy atom. The van der Waals surface area contributed by atoms with E-state index in [1.165, 1.54) is 99.0 Å². The average molecular weight is 1100 g/mol. The number of nitrogens with one attached hydrogen (secondary N) is 2. The maximum Gasteiger partial charge on any atom is 0.472 e. The Hall–Kier alpha value is -9.66. The quantitative estimate of drug-likeness (QED) is 0.0935. The molecule has 2 amide bonds. The van der Waals surface area contributed by atoms with E-state index in [4.69, 9.17) is 8.83 Å². The van der Waals surface area contributed by atoms with E-state index in [1.807, 2.05) is 20.8 Å². The SMILES string of the molecule is CNC(=O)c1c(-c2ccc(F)cc2)oc2c1cc(-c1cccc(C(=O)CC(C)(C)C)c1)c1c2ccn1C(=O)C(F)(F)F.CNC(=O)c1c(-c2ccc(F)cc2)oc2c1cc(-c1cccc(C(=O)O)c1)c1c2ccn1C(=O)C(F)(F)F. The molecule has 4 aromatic heterocycles. The van der Waals surface area contributed by atoms with Gasteiger partial charge in [0.1, 0.15) is 34.3 Å². The Bertz CT molecular complexity index is 4180. The summed E-state index contributed by atoms with van der Waals surface area (Å²) in [6, 6.07) is 27.6. The summed E-state index contributed by atoms with van der Waals surface area (Å²) < 4.78 is 122. The number of halogens is 8. The van der Waals surface area contributed by atoms with Crippen LogP contribution in [0.15, 0.2) is 143 Å². The number of carbonyl (C=O) groups excluding carboxylic acids is 5. The van der Waals surface area contributed by atoms with Crippen LogP contribution in [0.2, 0.25) is 0 Å². The molecule has 4 heterocycles. The molecule has 0 aliphatic carbocycles. The monoisotopic (exact) mass is 1100 g/mol. The van der Waals surface area contributed by atoms with Crippen LogP contribution in [0.25, 0.3) is 88.6 Å². The number of carbonyl (C=O) groups is 6. The number of nitrogens with zero attached hydrogens (tertiary/aromatic N) is 2. The van der Waals surface area contributed by atoms with E-state index in [0.717, 1.165) is 24.5 Å². The van der Waals surface area contributed by atoms with E-state index < -0.39 is 53.6 Å². The van der Waals surface area contributed by atoms with Crippen LogP contribution in [0, 0.1) is 17.0 Å². The van der Waals surface area contributed by atoms with E-state index in [2.05, 4.69) is 10.6 Å². The Morgan fingerprint density at radius 1 is 0.512 bits per heavy atom. The van der Waals surface area contributed by atoms with Gasteiger partial charge in [-0.1, -0.05) is 51.1 Å². The zero-order valence-electron chi connectivity index (χ0n) is 42.5. The summed E-state index contributed by atoms with van der Waals surface area (Å²) in [6.07, 6.45) is -8.23. The summed E-state index contributed by atoms with van der Waals surface area (Å²) in [4.78, 5) is 75.6. The zero-order chi connectivity index (χ0) is 57.9. The van der Waals surface area contributed by atoms with Gasteiger partial charge in [0.25, 0.3) is 11.8 Å². The standard InChI is InChI=1S/C32H26F4N2O4.C27H16F4N2O5/c1-31(2,3)16-24(39)19-7-5-6-18(14-19)22-15-23-25(29(40)37-4)27(17-8-10-20(33)11-9-17)42-28(23)21-12-13-38(26(21)22)30(41)32(34,35)36;1-32-24(34)20-19-12-18(14-3-2-4-15(11-14)25(35)36)21-17(9-10-33(21)26(37)27(29,30)31)23(19)38-22(20)13-5-7-16(28)8-6-13/h5-15H,16H2,1-4H3,(H,37,40);2-12H,1H3,(H,32,34)(H,35,36). The number of aromatic nitrogens is 2. The molecule has 6 aromatic carbocycles. The van der Waals surface area contributed by atoms with Crippen molar-refractivity contribution >= 4 is 79.1 Å². The Balaban J connectivity index is 0.000000195. The van der Waals surface area contributed by atoms with Gasteiger partial charge in [-0.25, -0.2) is 13.6 Å². The number of hydrogen-bond donors (Lipinski definition) is 3. The molecule has 408 valence electrons. The number of ketones is 1. The lowest BCUT2D eigenvalue weighted by Crippen LogP contribution is -2.28. The second-order valence-electron chi connectivity index (χ2n) is 19.5. The first-order chi connectivity index (χ1) is 37.7. The van der Waals surface area contributed by atoms with Crippen molar-refractivity contribution in [3.05, 3.63) is 168 Å². The number of aromatic carboxylic acids is 1. The number of hydrogen-bond acceptors (Lipinski definition) is 8. The minimum Gasteiger partial charge on any atom is -0.478 e. The first-order valence-electron chi connectivity index (χ1n) is 24.1. The van der Waals surface area contributed by atoms with Crippen molar-refractivity contribution in [3.8, 4) is 44.9 Å². The third kappa shape index (κ3) is 10.3. The van der Waals surface area contributed by atoms with Crippen LogP contribution in [0.1, 0.15) is 78.2 Å². The average Bonchev–Trinajstić information content (AvgIpc) is 4.23. The molecule has 10 aromatic rings. The van der Waals surface area contributed by atoms with Gasteiger partial charge in [-0.2, -0.15) is 26.3 Å². The Labute approximate surface area is 447 Å². The van der Waals surface area contributed by atoms with Gasteiger partial charge in [0.15, 0.2) is 5.78 Å². The molecule has 13 nitrogen and oxygen atoms in total. The molecule has 10 rings (SSSR count). The van der Waals surface area contributed by atoms with E-state index in [0.29, 0.717) is 31.4 Å². The highest BCUT2D eigenvalue weighted by Gasteiger charge is 2.42. The molecule has 0 bridgehead atoms. The van der Waals surface area contributed by atoms with Gasteiger partial charge in [0.2, 0.25) is 0 Å². The molecule has 0 radical (unpaired) electrons. The van der Waals surface area contributed by atoms with Crippen molar-refractivity contribution in [1.82, 2.24) is 19.8 Å². The van der Waals surface area contributed by atoms with E-state index >= 15 is 0 Å². The third-order valence-electron chi connectivity index (χ3n) is 12.9. The molecule has 0 saturated heterocycles. The predicted molar refractivity (Wildman–Crippen MR) is 281 cm³/mol. The van der Waals surface area contributed by atoms with Gasteiger partial charge in [-0.05, 0) is 108 Å². The summed E-state index contributed by atoms with van der Waals surface area (Å²) in [5.74, 6) is -7.76. The van der Waals surface area contributed by atoms with Gasteiger partial charge in [-0.15, -0.1) is 0 Å². The van der Waals surface area contributed by atoms with Crippen LogP contribution in [0.4, 0.5) is 35.1 Å². The fourth-order valence-electron chi connectivity index (χ4n) is 9.39. The molecule has 80 heavy (non-hydrogen) atoms. The molecule has 0 unspecified atom stereocenters. The number of fused-ring (bicyclic) bond motifs is 6. The van der Waals surface area contributed by atoms with Crippen LogP contribution >= 0.6 is 0 Å². The van der Waals surface area contributed by atoms with E-state index in [9.17, 15) is 69.0 Å². The molecule has 21 heteroatoms. The molecule has 0 aliphatic rings. The van der Waals surface area contributed by atoms with Crippen molar-refractivity contribution in [3.63, 3.8) is 0 Å². The van der Waals surface area contributed by atoms with Crippen LogP contribution < -0.4 is 10.6 Å². The minimum atomic E-state index is -5.21. The summed E-state index contributed by atoms with van der Waals surface area (Å²) in [5, 5.41) is 15.2. The molecule has 0 atom stereocenters. The number of benzene rings is 6. The first kappa shape index (κ1) is 55.1.